The van der Waals surface area contributed by atoms with Crippen molar-refractivity contribution in [3.8, 4) is 0 Å². The summed E-state index contributed by atoms with van der Waals surface area (Å²) in [6.45, 7) is 11.0. The molecular formula is C16H27N3O. The molecule has 1 aromatic carbocycles. The van der Waals surface area contributed by atoms with Crippen LogP contribution in [-0.2, 0) is 4.79 Å². The number of nitrogens with zero attached hydrogens (tertiary/aromatic N) is 1. The van der Waals surface area contributed by atoms with Gasteiger partial charge in [-0.3, -0.25) is 9.69 Å². The summed E-state index contributed by atoms with van der Waals surface area (Å²) in [7, 11) is 1.98. The molecule has 1 aromatic rings. The molecule has 1 unspecified atom stereocenters. The third kappa shape index (κ3) is 4.53. The maximum atomic E-state index is 12.1. The van der Waals surface area contributed by atoms with Gasteiger partial charge in [0.15, 0.2) is 0 Å². The third-order valence-electron chi connectivity index (χ3n) is 3.83. The Morgan fingerprint density at radius 1 is 1.40 bits per heavy atom. The van der Waals surface area contributed by atoms with Gasteiger partial charge in [0.05, 0.1) is 6.54 Å². The zero-order chi connectivity index (χ0) is 15.5. The Balaban J connectivity index is 2.64. The second kappa shape index (κ2) is 6.27. The van der Waals surface area contributed by atoms with E-state index in [-0.39, 0.29) is 11.3 Å². The lowest BCUT2D eigenvalue weighted by Crippen LogP contribution is -2.43. The lowest BCUT2D eigenvalue weighted by molar-refractivity contribution is -0.117. The maximum absolute atomic E-state index is 12.1. The van der Waals surface area contributed by atoms with Gasteiger partial charge in [-0.1, -0.05) is 20.8 Å². The van der Waals surface area contributed by atoms with Crippen LogP contribution in [0.1, 0.15) is 33.3 Å². The lowest BCUT2D eigenvalue weighted by atomic mass is 9.87. The summed E-state index contributed by atoms with van der Waals surface area (Å²) >= 11 is 0. The highest BCUT2D eigenvalue weighted by Crippen LogP contribution is 2.23. The van der Waals surface area contributed by atoms with Gasteiger partial charge in [0, 0.05) is 17.4 Å². The van der Waals surface area contributed by atoms with Gasteiger partial charge in [0.2, 0.25) is 5.91 Å². The average molecular weight is 277 g/mol. The van der Waals surface area contributed by atoms with Gasteiger partial charge < -0.3 is 11.1 Å². The number of hydrogen-bond donors (Lipinski definition) is 2. The van der Waals surface area contributed by atoms with Crippen molar-refractivity contribution in [3.05, 3.63) is 23.8 Å². The summed E-state index contributed by atoms with van der Waals surface area (Å²) in [5.74, 6) is -0.00327. The number of nitrogen functional groups attached to an aromatic ring is 1. The first kappa shape index (κ1) is 16.5. The highest BCUT2D eigenvalue weighted by molar-refractivity contribution is 5.93. The van der Waals surface area contributed by atoms with Gasteiger partial charge in [0.25, 0.3) is 0 Å². The smallest absolute Gasteiger partial charge is 0.238 e. The number of nitrogens with one attached hydrogen (secondary N) is 1. The number of nitrogens with two attached hydrogens (primary N) is 1. The van der Waals surface area contributed by atoms with Crippen LogP contribution in [0.5, 0.6) is 0 Å². The van der Waals surface area contributed by atoms with Crippen molar-refractivity contribution in [1.82, 2.24) is 4.90 Å². The Hall–Kier alpha value is -1.55. The van der Waals surface area contributed by atoms with Crippen LogP contribution in [0.15, 0.2) is 18.2 Å². The summed E-state index contributed by atoms with van der Waals surface area (Å²) in [6.07, 6.45) is 0. The normalized spacial score (nSPS) is 13.3. The molecule has 1 amide bonds. The molecule has 0 saturated heterocycles. The first-order chi connectivity index (χ1) is 9.11. The van der Waals surface area contributed by atoms with Gasteiger partial charge >= 0.3 is 0 Å². The van der Waals surface area contributed by atoms with Gasteiger partial charge in [-0.2, -0.15) is 0 Å². The Labute approximate surface area is 122 Å². The van der Waals surface area contributed by atoms with Crippen LogP contribution >= 0.6 is 0 Å². The quantitative estimate of drug-likeness (QED) is 0.832. The minimum atomic E-state index is -0.00327. The van der Waals surface area contributed by atoms with E-state index >= 15 is 0 Å². The molecule has 0 saturated carbocycles. The Morgan fingerprint density at radius 3 is 2.50 bits per heavy atom. The fourth-order valence-electron chi connectivity index (χ4n) is 2.04. The molecule has 1 atom stereocenters. The number of likely N-dealkylation sites (N-methyl/N-ethyl adjacent to an activating group) is 1. The van der Waals surface area contributed by atoms with Crippen LogP contribution in [0.25, 0.3) is 0 Å². The Kier molecular flexibility index (Phi) is 5.17. The van der Waals surface area contributed by atoms with E-state index in [9.17, 15) is 4.79 Å². The Bertz CT molecular complexity index is 477. The molecule has 20 heavy (non-hydrogen) atoms. The molecular weight excluding hydrogens is 250 g/mol. The van der Waals surface area contributed by atoms with Crippen molar-refractivity contribution in [1.29, 1.82) is 0 Å². The largest absolute Gasteiger partial charge is 0.399 e. The molecule has 0 spiro atoms. The fourth-order valence-corrected chi connectivity index (χ4v) is 2.04. The minimum absolute atomic E-state index is 0.00327. The van der Waals surface area contributed by atoms with E-state index < -0.39 is 0 Å². The van der Waals surface area contributed by atoms with Crippen molar-refractivity contribution in [2.24, 2.45) is 5.41 Å². The third-order valence-corrected chi connectivity index (χ3v) is 3.83. The second-order valence-electron chi connectivity index (χ2n) is 6.58. The topological polar surface area (TPSA) is 58.4 Å². The standard InChI is InChI=1S/C16H27N3O/c1-11-9-13(17)7-8-14(11)18-15(20)10-19(6)12(2)16(3,4)5/h7-9,12H,10,17H2,1-6H3,(H,18,20). The van der Waals surface area contributed by atoms with Crippen molar-refractivity contribution in [2.75, 3.05) is 24.6 Å². The maximum Gasteiger partial charge on any atom is 0.238 e. The molecule has 0 aliphatic carbocycles. The summed E-state index contributed by atoms with van der Waals surface area (Å²) < 4.78 is 0. The molecule has 4 nitrogen and oxygen atoms in total. The molecule has 0 heterocycles. The van der Waals surface area contributed by atoms with Crippen LogP contribution in [-0.4, -0.2) is 30.4 Å². The average Bonchev–Trinajstić information content (AvgIpc) is 2.30. The van der Waals surface area contributed by atoms with E-state index in [1.165, 1.54) is 0 Å². The zero-order valence-corrected chi connectivity index (χ0v) is 13.4. The SMILES string of the molecule is Cc1cc(N)ccc1NC(=O)CN(C)C(C)C(C)(C)C. The van der Waals surface area contributed by atoms with Gasteiger partial charge in [-0.05, 0) is 50.1 Å². The number of carbonyl (C=O) groups is 1. The van der Waals surface area contributed by atoms with E-state index in [0.29, 0.717) is 18.3 Å². The predicted molar refractivity (Wildman–Crippen MR) is 85.8 cm³/mol. The van der Waals surface area contributed by atoms with Gasteiger partial charge in [-0.25, -0.2) is 0 Å². The number of hydrogen-bond acceptors (Lipinski definition) is 3. The second-order valence-corrected chi connectivity index (χ2v) is 6.58. The number of benzene rings is 1. The Morgan fingerprint density at radius 2 is 2.00 bits per heavy atom. The molecule has 1 rings (SSSR count). The van der Waals surface area contributed by atoms with Crippen LogP contribution in [0, 0.1) is 12.3 Å². The summed E-state index contributed by atoms with van der Waals surface area (Å²) in [5.41, 5.74) is 8.36. The molecule has 0 fully saturated rings. The highest BCUT2D eigenvalue weighted by atomic mass is 16.2. The molecule has 0 bridgehead atoms. The molecule has 0 radical (unpaired) electrons. The first-order valence-electron chi connectivity index (χ1n) is 6.97. The summed E-state index contributed by atoms with van der Waals surface area (Å²) in [4.78, 5) is 14.2. The zero-order valence-electron chi connectivity index (χ0n) is 13.4. The fraction of sp³-hybridized carbons (Fsp3) is 0.562. The van der Waals surface area contributed by atoms with Crippen molar-refractivity contribution in [2.45, 2.75) is 40.7 Å². The van der Waals surface area contributed by atoms with Crippen molar-refractivity contribution < 1.29 is 4.79 Å². The number of anilines is 2. The monoisotopic (exact) mass is 277 g/mol. The predicted octanol–water partition coefficient (Wildman–Crippen LogP) is 2.88. The van der Waals surface area contributed by atoms with Crippen LogP contribution in [0.4, 0.5) is 11.4 Å². The van der Waals surface area contributed by atoms with Crippen LogP contribution in [0.3, 0.4) is 0 Å². The first-order valence-corrected chi connectivity index (χ1v) is 6.97. The summed E-state index contributed by atoms with van der Waals surface area (Å²) in [5, 5.41) is 2.94. The van der Waals surface area contributed by atoms with E-state index in [0.717, 1.165) is 11.3 Å². The molecule has 0 aliphatic rings. The van der Waals surface area contributed by atoms with Crippen LogP contribution in [0.2, 0.25) is 0 Å². The molecule has 3 N–H and O–H groups in total. The minimum Gasteiger partial charge on any atom is -0.399 e. The highest BCUT2D eigenvalue weighted by Gasteiger charge is 2.25. The number of carbonyl (C=O) groups excluding carboxylic acids is 1. The van der Waals surface area contributed by atoms with Crippen molar-refractivity contribution >= 4 is 17.3 Å². The van der Waals surface area contributed by atoms with E-state index in [1.807, 2.05) is 26.1 Å². The van der Waals surface area contributed by atoms with Gasteiger partial charge in [0.1, 0.15) is 0 Å². The molecule has 0 aliphatic heterocycles. The van der Waals surface area contributed by atoms with Gasteiger partial charge in [-0.15, -0.1) is 0 Å². The van der Waals surface area contributed by atoms with E-state index in [2.05, 4.69) is 37.9 Å². The lowest BCUT2D eigenvalue weighted by Gasteiger charge is -2.34. The number of aryl methyl sites for hydroxylation is 1. The van der Waals surface area contributed by atoms with Crippen molar-refractivity contribution in [3.63, 3.8) is 0 Å². The molecule has 4 heteroatoms. The summed E-state index contributed by atoms with van der Waals surface area (Å²) in [6, 6.07) is 5.82. The molecule has 0 aromatic heterocycles. The number of amides is 1. The van der Waals surface area contributed by atoms with E-state index in [1.54, 1.807) is 6.07 Å². The van der Waals surface area contributed by atoms with E-state index in [4.69, 9.17) is 5.73 Å². The molecule has 112 valence electrons. The number of rotatable bonds is 4. The van der Waals surface area contributed by atoms with Crippen LogP contribution < -0.4 is 11.1 Å².